The molecule has 2 aromatic rings. The molecule has 1 N–H and O–H groups in total. The first-order chi connectivity index (χ1) is 11.0. The van der Waals surface area contributed by atoms with E-state index >= 15 is 0 Å². The van der Waals surface area contributed by atoms with Crippen LogP contribution in [0.25, 0.3) is 0 Å². The van der Waals surface area contributed by atoms with Gasteiger partial charge < -0.3 is 14.8 Å². The number of nitrogens with one attached hydrogen (secondary N) is 1. The van der Waals surface area contributed by atoms with Crippen LogP contribution in [0, 0.1) is 5.82 Å². The molecule has 0 spiro atoms. The number of carbonyl (C=O) groups excluding carboxylic acids is 1. The number of carbonyl (C=O) groups is 1. The minimum absolute atomic E-state index is 0.126. The summed E-state index contributed by atoms with van der Waals surface area (Å²) in [5, 5.41) is 2.78. The molecule has 0 saturated carbocycles. The maximum absolute atomic E-state index is 14.0. The maximum atomic E-state index is 14.0. The molecular formula is C18H20FNO3. The van der Waals surface area contributed by atoms with Crippen LogP contribution in [0.15, 0.2) is 48.5 Å². The van der Waals surface area contributed by atoms with Crippen molar-refractivity contribution in [3.8, 4) is 5.75 Å². The number of hydrogen-bond acceptors (Lipinski definition) is 3. The van der Waals surface area contributed by atoms with Crippen LogP contribution >= 0.6 is 0 Å². The first-order valence-electron chi connectivity index (χ1n) is 7.23. The molecule has 1 unspecified atom stereocenters. The van der Waals surface area contributed by atoms with Crippen LogP contribution < -0.4 is 10.1 Å². The van der Waals surface area contributed by atoms with Crippen LogP contribution in [0.5, 0.6) is 5.75 Å². The Morgan fingerprint density at radius 2 is 1.78 bits per heavy atom. The predicted octanol–water partition coefficient (Wildman–Crippen LogP) is 3.13. The summed E-state index contributed by atoms with van der Waals surface area (Å²) in [4.78, 5) is 12.4. The Balaban J connectivity index is 2.17. The van der Waals surface area contributed by atoms with Gasteiger partial charge in [0, 0.05) is 12.7 Å². The fourth-order valence-electron chi connectivity index (χ4n) is 2.34. The lowest BCUT2D eigenvalue weighted by atomic mass is 9.95. The van der Waals surface area contributed by atoms with Crippen molar-refractivity contribution in [3.63, 3.8) is 0 Å². The van der Waals surface area contributed by atoms with Gasteiger partial charge in [0.15, 0.2) is 0 Å². The number of rotatable bonds is 6. The van der Waals surface area contributed by atoms with Gasteiger partial charge in [-0.15, -0.1) is 0 Å². The summed E-state index contributed by atoms with van der Waals surface area (Å²) < 4.78 is 24.7. The third kappa shape index (κ3) is 3.68. The zero-order valence-electron chi connectivity index (χ0n) is 13.4. The lowest BCUT2D eigenvalue weighted by Gasteiger charge is -2.29. The number of ether oxygens (including phenoxy) is 2. The van der Waals surface area contributed by atoms with Gasteiger partial charge in [-0.3, -0.25) is 4.79 Å². The van der Waals surface area contributed by atoms with Crippen molar-refractivity contribution in [2.24, 2.45) is 0 Å². The van der Waals surface area contributed by atoms with E-state index < -0.39 is 5.60 Å². The van der Waals surface area contributed by atoms with Crippen molar-refractivity contribution in [2.45, 2.75) is 12.5 Å². The molecule has 5 heteroatoms. The standard InChI is InChI=1S/C18H20FNO3/c1-18(23-3,14-9-5-6-10-15(14)19)12-20-17(21)13-8-4-7-11-16(13)22-2/h4-11H,12H2,1-3H3,(H,20,21). The molecule has 4 nitrogen and oxygen atoms in total. The topological polar surface area (TPSA) is 47.6 Å². The highest BCUT2D eigenvalue weighted by molar-refractivity contribution is 5.96. The van der Waals surface area contributed by atoms with Crippen LogP contribution in [0.1, 0.15) is 22.8 Å². The molecule has 0 saturated heterocycles. The number of benzene rings is 2. The summed E-state index contributed by atoms with van der Waals surface area (Å²) in [6.45, 7) is 1.86. The van der Waals surface area contributed by atoms with Gasteiger partial charge in [-0.1, -0.05) is 30.3 Å². The largest absolute Gasteiger partial charge is 0.496 e. The van der Waals surface area contributed by atoms with Crippen molar-refractivity contribution in [2.75, 3.05) is 20.8 Å². The molecule has 2 aromatic carbocycles. The Labute approximate surface area is 135 Å². The van der Waals surface area contributed by atoms with E-state index in [-0.39, 0.29) is 18.3 Å². The van der Waals surface area contributed by atoms with Gasteiger partial charge in [0.2, 0.25) is 0 Å². The van der Waals surface area contributed by atoms with E-state index in [9.17, 15) is 9.18 Å². The highest BCUT2D eigenvalue weighted by atomic mass is 19.1. The highest BCUT2D eigenvalue weighted by Crippen LogP contribution is 2.26. The summed E-state index contributed by atoms with van der Waals surface area (Å²) in [5.41, 5.74) is -0.159. The zero-order valence-corrected chi connectivity index (χ0v) is 13.4. The van der Waals surface area contributed by atoms with E-state index in [0.717, 1.165) is 0 Å². The van der Waals surface area contributed by atoms with Gasteiger partial charge >= 0.3 is 0 Å². The lowest BCUT2D eigenvalue weighted by Crippen LogP contribution is -2.40. The average molecular weight is 317 g/mol. The van der Waals surface area contributed by atoms with Crippen LogP contribution in [0.3, 0.4) is 0 Å². The molecule has 0 fully saturated rings. The van der Waals surface area contributed by atoms with Crippen LogP contribution in [0.2, 0.25) is 0 Å². The van der Waals surface area contributed by atoms with E-state index in [0.29, 0.717) is 16.9 Å². The molecule has 2 rings (SSSR count). The van der Waals surface area contributed by atoms with E-state index in [1.165, 1.54) is 20.3 Å². The Morgan fingerprint density at radius 3 is 2.43 bits per heavy atom. The highest BCUT2D eigenvalue weighted by Gasteiger charge is 2.30. The van der Waals surface area contributed by atoms with Gasteiger partial charge in [-0.05, 0) is 25.1 Å². The molecule has 0 heterocycles. The molecule has 1 amide bonds. The lowest BCUT2D eigenvalue weighted by molar-refractivity contribution is 0.000367. The molecule has 0 radical (unpaired) electrons. The molecule has 0 bridgehead atoms. The molecule has 0 aliphatic heterocycles. The monoisotopic (exact) mass is 317 g/mol. The number of para-hydroxylation sites is 1. The molecule has 0 aliphatic carbocycles. The van der Waals surface area contributed by atoms with Crippen molar-refractivity contribution in [1.29, 1.82) is 0 Å². The minimum atomic E-state index is -0.969. The third-order valence-corrected chi connectivity index (χ3v) is 3.83. The smallest absolute Gasteiger partial charge is 0.255 e. The first kappa shape index (κ1) is 17.0. The van der Waals surface area contributed by atoms with E-state index in [4.69, 9.17) is 9.47 Å². The predicted molar refractivity (Wildman–Crippen MR) is 86.1 cm³/mol. The van der Waals surface area contributed by atoms with Crippen molar-refractivity contribution in [1.82, 2.24) is 5.32 Å². The normalized spacial score (nSPS) is 13.2. The SMILES string of the molecule is COc1ccccc1C(=O)NCC(C)(OC)c1ccccc1F. The molecular weight excluding hydrogens is 297 g/mol. The van der Waals surface area contributed by atoms with Crippen molar-refractivity contribution < 1.29 is 18.7 Å². The van der Waals surface area contributed by atoms with Crippen molar-refractivity contribution >= 4 is 5.91 Å². The van der Waals surface area contributed by atoms with E-state index in [1.54, 1.807) is 49.4 Å². The quantitative estimate of drug-likeness (QED) is 0.890. The van der Waals surface area contributed by atoms with Crippen LogP contribution in [0.4, 0.5) is 4.39 Å². The second-order valence-electron chi connectivity index (χ2n) is 5.30. The Kier molecular flexibility index (Phi) is 5.34. The van der Waals surface area contributed by atoms with Gasteiger partial charge in [0.05, 0.1) is 19.2 Å². The molecule has 23 heavy (non-hydrogen) atoms. The maximum Gasteiger partial charge on any atom is 0.255 e. The first-order valence-corrected chi connectivity index (χ1v) is 7.23. The van der Waals surface area contributed by atoms with Gasteiger partial charge in [0.25, 0.3) is 5.91 Å². The van der Waals surface area contributed by atoms with Gasteiger partial charge in [-0.2, -0.15) is 0 Å². The summed E-state index contributed by atoms with van der Waals surface area (Å²) in [6, 6.07) is 13.3. The average Bonchev–Trinajstić information content (AvgIpc) is 2.59. The Bertz CT molecular complexity index is 689. The number of hydrogen-bond donors (Lipinski definition) is 1. The second kappa shape index (κ2) is 7.24. The Morgan fingerprint density at radius 1 is 1.13 bits per heavy atom. The molecule has 122 valence electrons. The number of halogens is 1. The molecule has 1 atom stereocenters. The number of amides is 1. The van der Waals surface area contributed by atoms with Crippen LogP contribution in [-0.2, 0) is 10.3 Å². The van der Waals surface area contributed by atoms with Crippen molar-refractivity contribution in [3.05, 3.63) is 65.5 Å². The third-order valence-electron chi connectivity index (χ3n) is 3.83. The fraction of sp³-hybridized carbons (Fsp3) is 0.278. The summed E-state index contributed by atoms with van der Waals surface area (Å²) in [5.74, 6) is -0.194. The fourth-order valence-corrected chi connectivity index (χ4v) is 2.34. The van der Waals surface area contributed by atoms with Gasteiger partial charge in [-0.25, -0.2) is 4.39 Å². The molecule has 0 aliphatic rings. The summed E-state index contributed by atoms with van der Waals surface area (Å²) in [7, 11) is 2.99. The summed E-state index contributed by atoms with van der Waals surface area (Å²) >= 11 is 0. The molecule has 0 aromatic heterocycles. The minimum Gasteiger partial charge on any atom is -0.496 e. The van der Waals surface area contributed by atoms with Crippen LogP contribution in [-0.4, -0.2) is 26.7 Å². The second-order valence-corrected chi connectivity index (χ2v) is 5.30. The van der Waals surface area contributed by atoms with E-state index in [1.807, 2.05) is 0 Å². The summed E-state index contributed by atoms with van der Waals surface area (Å²) in [6.07, 6.45) is 0. The Hall–Kier alpha value is -2.40. The zero-order chi connectivity index (χ0) is 16.9. The van der Waals surface area contributed by atoms with Gasteiger partial charge in [0.1, 0.15) is 17.2 Å². The van der Waals surface area contributed by atoms with E-state index in [2.05, 4.69) is 5.32 Å². The number of methoxy groups -OCH3 is 2.